The van der Waals surface area contributed by atoms with Gasteiger partial charge in [-0.3, -0.25) is 0 Å². The Labute approximate surface area is 142 Å². The molecule has 0 amide bonds. The lowest BCUT2D eigenvalue weighted by molar-refractivity contribution is -0.703. The number of unbranched alkanes of at least 4 members (excludes halogenated alkanes) is 8. The molecule has 0 unspecified atom stereocenters. The quantitative estimate of drug-likeness (QED) is 0.367. The van der Waals surface area contributed by atoms with Gasteiger partial charge in [0.05, 0.1) is 10.1 Å². The van der Waals surface area contributed by atoms with Gasteiger partial charge in [-0.25, -0.2) is 13.0 Å². The highest BCUT2D eigenvalue weighted by molar-refractivity contribution is 7.84. The standard InChI is InChI=1S/C17H30N.CH4O3S/c1-3-4-5-6-7-8-9-10-12-15-18-16-13-11-14-17(18)2;1-5(2,3)4/h11,13-14,16H,3-10,12,15H2,1-2H3;1H3,(H,2,3,4)/q+1;/p-1. The Bertz CT molecular complexity index is 493. The lowest BCUT2D eigenvalue weighted by Crippen LogP contribution is -2.36. The molecule has 1 aromatic rings. The minimum absolute atomic E-state index is 0.604. The van der Waals surface area contributed by atoms with Crippen LogP contribution < -0.4 is 4.57 Å². The van der Waals surface area contributed by atoms with Crippen molar-refractivity contribution in [2.24, 2.45) is 0 Å². The van der Waals surface area contributed by atoms with Gasteiger partial charge >= 0.3 is 0 Å². The summed E-state index contributed by atoms with van der Waals surface area (Å²) in [5, 5.41) is 0. The van der Waals surface area contributed by atoms with Crippen LogP contribution in [0.1, 0.15) is 70.4 Å². The summed E-state index contributed by atoms with van der Waals surface area (Å²) in [5.41, 5.74) is 1.37. The van der Waals surface area contributed by atoms with Gasteiger partial charge in [-0.05, 0) is 6.42 Å². The second-order valence-electron chi connectivity index (χ2n) is 6.07. The van der Waals surface area contributed by atoms with Gasteiger partial charge in [-0.15, -0.1) is 0 Å². The lowest BCUT2D eigenvalue weighted by atomic mass is 10.1. The summed E-state index contributed by atoms with van der Waals surface area (Å²) in [6, 6.07) is 6.43. The molecule has 23 heavy (non-hydrogen) atoms. The minimum atomic E-state index is -3.92. The zero-order valence-electron chi connectivity index (χ0n) is 15.0. The van der Waals surface area contributed by atoms with E-state index >= 15 is 0 Å². The van der Waals surface area contributed by atoms with Crippen LogP contribution in [0.2, 0.25) is 0 Å². The van der Waals surface area contributed by atoms with Crippen molar-refractivity contribution in [2.75, 3.05) is 6.26 Å². The summed E-state index contributed by atoms with van der Waals surface area (Å²) in [4.78, 5) is 0. The first-order valence-electron chi connectivity index (χ1n) is 8.70. The fourth-order valence-corrected chi connectivity index (χ4v) is 2.41. The van der Waals surface area contributed by atoms with E-state index in [-0.39, 0.29) is 0 Å². The topological polar surface area (TPSA) is 61.1 Å². The average Bonchev–Trinajstić information content (AvgIpc) is 2.45. The fourth-order valence-electron chi connectivity index (χ4n) is 2.41. The maximum Gasteiger partial charge on any atom is 0.178 e. The van der Waals surface area contributed by atoms with Crippen molar-refractivity contribution < 1.29 is 17.5 Å². The second kappa shape index (κ2) is 13.5. The van der Waals surface area contributed by atoms with Crippen molar-refractivity contribution >= 4 is 10.1 Å². The molecule has 0 saturated heterocycles. The van der Waals surface area contributed by atoms with Gasteiger partial charge in [0.2, 0.25) is 0 Å². The zero-order valence-corrected chi connectivity index (χ0v) is 15.8. The normalized spacial score (nSPS) is 11.0. The van der Waals surface area contributed by atoms with Crippen molar-refractivity contribution in [2.45, 2.75) is 78.2 Å². The van der Waals surface area contributed by atoms with Crippen molar-refractivity contribution in [3.63, 3.8) is 0 Å². The van der Waals surface area contributed by atoms with Crippen LogP contribution in [0.3, 0.4) is 0 Å². The van der Waals surface area contributed by atoms with E-state index in [1.807, 2.05) is 0 Å². The highest BCUT2D eigenvalue weighted by Gasteiger charge is 2.02. The van der Waals surface area contributed by atoms with Gasteiger partial charge in [0.15, 0.2) is 11.9 Å². The summed E-state index contributed by atoms with van der Waals surface area (Å²) in [6.07, 6.45) is 15.5. The van der Waals surface area contributed by atoms with Gasteiger partial charge in [0.1, 0.15) is 6.54 Å². The molecule has 0 fully saturated rings. The van der Waals surface area contributed by atoms with Crippen LogP contribution in [0.15, 0.2) is 24.4 Å². The summed E-state index contributed by atoms with van der Waals surface area (Å²) in [6.45, 7) is 5.65. The van der Waals surface area contributed by atoms with E-state index < -0.39 is 10.1 Å². The first-order valence-corrected chi connectivity index (χ1v) is 10.5. The number of nitrogens with zero attached hydrogens (tertiary/aromatic N) is 1. The Kier molecular flexibility index (Phi) is 12.9. The SMILES string of the molecule is CCCCCCCCCCC[n+]1ccccc1C.CS(=O)(=O)[O-]. The van der Waals surface area contributed by atoms with Gasteiger partial charge in [0, 0.05) is 31.7 Å². The number of pyridine rings is 1. The Morgan fingerprint density at radius 2 is 1.43 bits per heavy atom. The maximum absolute atomic E-state index is 9.08. The van der Waals surface area contributed by atoms with E-state index in [4.69, 9.17) is 13.0 Å². The fraction of sp³-hybridized carbons (Fsp3) is 0.722. The lowest BCUT2D eigenvalue weighted by Gasteiger charge is -2.02. The van der Waals surface area contributed by atoms with E-state index in [1.54, 1.807) is 0 Å². The van der Waals surface area contributed by atoms with Crippen LogP contribution >= 0.6 is 0 Å². The molecule has 0 aromatic carbocycles. The first-order chi connectivity index (χ1) is 10.8. The Hall–Kier alpha value is -0.940. The molecule has 0 bridgehead atoms. The number of hydrogen-bond donors (Lipinski definition) is 0. The van der Waals surface area contributed by atoms with Gasteiger partial charge in [0.25, 0.3) is 0 Å². The smallest absolute Gasteiger partial charge is 0.178 e. The number of aromatic nitrogens is 1. The molecular formula is C18H33NO3S. The number of rotatable bonds is 10. The largest absolute Gasteiger partial charge is 0.748 e. The molecule has 4 nitrogen and oxygen atoms in total. The zero-order chi connectivity index (χ0) is 17.6. The molecule has 0 saturated carbocycles. The molecular weight excluding hydrogens is 310 g/mol. The van der Waals surface area contributed by atoms with Crippen LogP contribution in [-0.2, 0) is 16.7 Å². The Balaban J connectivity index is 0.000000841. The van der Waals surface area contributed by atoms with Gasteiger partial charge in [-0.1, -0.05) is 57.9 Å². The van der Waals surface area contributed by atoms with E-state index in [9.17, 15) is 0 Å². The van der Waals surface area contributed by atoms with Crippen LogP contribution in [0, 0.1) is 6.92 Å². The molecule has 0 atom stereocenters. The Morgan fingerprint density at radius 3 is 1.91 bits per heavy atom. The average molecular weight is 344 g/mol. The van der Waals surface area contributed by atoms with Crippen LogP contribution in [0.25, 0.3) is 0 Å². The van der Waals surface area contributed by atoms with Crippen LogP contribution in [0.4, 0.5) is 0 Å². The summed E-state index contributed by atoms with van der Waals surface area (Å²) < 4.78 is 29.6. The van der Waals surface area contributed by atoms with E-state index in [1.165, 1.54) is 70.0 Å². The number of hydrogen-bond acceptors (Lipinski definition) is 3. The van der Waals surface area contributed by atoms with Crippen molar-refractivity contribution in [3.8, 4) is 0 Å². The van der Waals surface area contributed by atoms with Crippen LogP contribution in [0.5, 0.6) is 0 Å². The maximum atomic E-state index is 9.08. The van der Waals surface area contributed by atoms with E-state index in [2.05, 4.69) is 42.8 Å². The monoisotopic (exact) mass is 343 g/mol. The van der Waals surface area contributed by atoms with Crippen molar-refractivity contribution in [1.29, 1.82) is 0 Å². The molecule has 1 aromatic heterocycles. The summed E-state index contributed by atoms with van der Waals surface area (Å²) >= 11 is 0. The van der Waals surface area contributed by atoms with Crippen molar-refractivity contribution in [3.05, 3.63) is 30.1 Å². The third-order valence-corrected chi connectivity index (χ3v) is 3.67. The summed E-state index contributed by atoms with van der Waals surface area (Å²) in [7, 11) is -3.92. The van der Waals surface area contributed by atoms with Crippen molar-refractivity contribution in [1.82, 2.24) is 0 Å². The predicted octanol–water partition coefficient (Wildman–Crippen LogP) is 3.97. The molecule has 0 aliphatic rings. The van der Waals surface area contributed by atoms with Gasteiger partial charge in [-0.2, -0.15) is 0 Å². The minimum Gasteiger partial charge on any atom is -0.748 e. The third kappa shape index (κ3) is 17.2. The van der Waals surface area contributed by atoms with E-state index in [0.717, 1.165) is 0 Å². The highest BCUT2D eigenvalue weighted by Crippen LogP contribution is 2.09. The molecule has 0 aliphatic carbocycles. The molecule has 0 N–H and O–H groups in total. The Morgan fingerprint density at radius 1 is 0.957 bits per heavy atom. The van der Waals surface area contributed by atoms with E-state index in [0.29, 0.717) is 6.26 Å². The number of aryl methyl sites for hydroxylation is 2. The summed E-state index contributed by atoms with van der Waals surface area (Å²) in [5.74, 6) is 0. The molecule has 0 radical (unpaired) electrons. The van der Waals surface area contributed by atoms with Crippen LogP contribution in [-0.4, -0.2) is 19.2 Å². The first kappa shape index (κ1) is 22.1. The molecule has 1 rings (SSSR count). The second-order valence-corrected chi connectivity index (χ2v) is 7.48. The highest BCUT2D eigenvalue weighted by atomic mass is 32.2. The molecule has 134 valence electrons. The molecule has 5 heteroatoms. The predicted molar refractivity (Wildman–Crippen MR) is 94.2 cm³/mol. The molecule has 0 aliphatic heterocycles. The third-order valence-electron chi connectivity index (χ3n) is 3.67. The molecule has 1 heterocycles. The van der Waals surface area contributed by atoms with Gasteiger partial charge < -0.3 is 4.55 Å². The molecule has 0 spiro atoms.